The maximum atomic E-state index is 11.2. The van der Waals surface area contributed by atoms with Crippen LogP contribution in [0.5, 0.6) is 0 Å². The van der Waals surface area contributed by atoms with Gasteiger partial charge >= 0.3 is 0 Å². The van der Waals surface area contributed by atoms with Gasteiger partial charge in [-0.15, -0.1) is 0 Å². The Morgan fingerprint density at radius 2 is 0.853 bits per heavy atom. The summed E-state index contributed by atoms with van der Waals surface area (Å²) in [5.41, 5.74) is 5.40. The van der Waals surface area contributed by atoms with Crippen LogP contribution in [0.1, 0.15) is 36.1 Å². The van der Waals surface area contributed by atoms with Gasteiger partial charge in [0, 0.05) is 25.9 Å². The minimum Gasteiger partial charge on any atom is -0.353 e. The molecular weight excluding hydrogens is 420 g/mol. The topological polar surface area (TPSA) is 58.2 Å². The number of rotatable bonds is 2. The van der Waals surface area contributed by atoms with Crippen LogP contribution in [-0.4, -0.2) is 23.9 Å². The minimum atomic E-state index is 0.0570. The van der Waals surface area contributed by atoms with Gasteiger partial charge in [-0.1, -0.05) is 72.8 Å². The Balaban J connectivity index is 0.000000142. The molecule has 2 amide bonds. The van der Waals surface area contributed by atoms with E-state index in [0.717, 1.165) is 25.7 Å². The molecule has 0 saturated heterocycles. The zero-order chi connectivity index (χ0) is 23.7. The standard InChI is InChI=1S/2C15H15NO/c2*1-10(17)16-14-8-12-6-2-4-11-5-3-7-13(9-14)15(11)12/h2*2-7,14H,8-9H2,1H3,(H,16,17). The Labute approximate surface area is 200 Å². The molecule has 172 valence electrons. The lowest BCUT2D eigenvalue weighted by Gasteiger charge is -2.25. The van der Waals surface area contributed by atoms with Gasteiger partial charge in [0.05, 0.1) is 0 Å². The van der Waals surface area contributed by atoms with Crippen LogP contribution in [-0.2, 0) is 35.3 Å². The molecular formula is C30H30N2O2. The molecule has 0 unspecified atom stereocenters. The van der Waals surface area contributed by atoms with Gasteiger partial charge in [0.2, 0.25) is 11.8 Å². The van der Waals surface area contributed by atoms with E-state index in [1.807, 2.05) is 0 Å². The lowest BCUT2D eigenvalue weighted by atomic mass is 9.86. The van der Waals surface area contributed by atoms with Crippen molar-refractivity contribution >= 4 is 33.4 Å². The summed E-state index contributed by atoms with van der Waals surface area (Å²) in [6.07, 6.45) is 3.75. The van der Waals surface area contributed by atoms with Crippen LogP contribution < -0.4 is 10.6 Å². The van der Waals surface area contributed by atoms with Crippen molar-refractivity contribution in [2.24, 2.45) is 0 Å². The summed E-state index contributed by atoms with van der Waals surface area (Å²) in [5.74, 6) is 0.114. The second kappa shape index (κ2) is 9.30. The smallest absolute Gasteiger partial charge is 0.217 e. The number of carbonyl (C=O) groups is 2. The van der Waals surface area contributed by atoms with E-state index in [1.54, 1.807) is 13.8 Å². The average Bonchev–Trinajstić information content (AvgIpc) is 2.79. The van der Waals surface area contributed by atoms with Gasteiger partial charge in [-0.05, 0) is 69.5 Å². The van der Waals surface area contributed by atoms with E-state index in [2.05, 4.69) is 83.4 Å². The first kappa shape index (κ1) is 22.1. The third-order valence-corrected chi connectivity index (χ3v) is 6.83. The predicted octanol–water partition coefficient (Wildman–Crippen LogP) is 4.89. The Hall–Kier alpha value is -3.66. The summed E-state index contributed by atoms with van der Waals surface area (Å²) in [6, 6.07) is 26.1. The highest BCUT2D eigenvalue weighted by molar-refractivity contribution is 5.91. The van der Waals surface area contributed by atoms with E-state index in [-0.39, 0.29) is 23.9 Å². The number of hydrogen-bond acceptors (Lipinski definition) is 2. The van der Waals surface area contributed by atoms with Gasteiger partial charge in [0.15, 0.2) is 0 Å². The third kappa shape index (κ3) is 4.54. The van der Waals surface area contributed by atoms with Crippen molar-refractivity contribution in [3.8, 4) is 0 Å². The highest BCUT2D eigenvalue weighted by Crippen LogP contribution is 2.30. The van der Waals surface area contributed by atoms with Gasteiger partial charge in [0.1, 0.15) is 0 Å². The summed E-state index contributed by atoms with van der Waals surface area (Å²) < 4.78 is 0. The van der Waals surface area contributed by atoms with Crippen LogP contribution in [0.3, 0.4) is 0 Å². The van der Waals surface area contributed by atoms with E-state index in [0.29, 0.717) is 0 Å². The van der Waals surface area contributed by atoms with Gasteiger partial charge in [-0.25, -0.2) is 0 Å². The van der Waals surface area contributed by atoms with Crippen molar-refractivity contribution in [1.29, 1.82) is 0 Å². The molecule has 0 spiro atoms. The zero-order valence-corrected chi connectivity index (χ0v) is 19.7. The van der Waals surface area contributed by atoms with Crippen molar-refractivity contribution in [2.45, 2.75) is 51.6 Å². The molecule has 4 aromatic rings. The first-order valence-corrected chi connectivity index (χ1v) is 12.0. The van der Waals surface area contributed by atoms with Crippen LogP contribution in [0, 0.1) is 0 Å². The van der Waals surface area contributed by atoms with Crippen LogP contribution >= 0.6 is 0 Å². The monoisotopic (exact) mass is 450 g/mol. The lowest BCUT2D eigenvalue weighted by Crippen LogP contribution is -2.38. The minimum absolute atomic E-state index is 0.0570. The molecule has 0 bridgehead atoms. The maximum Gasteiger partial charge on any atom is 0.217 e. The van der Waals surface area contributed by atoms with Gasteiger partial charge in [0.25, 0.3) is 0 Å². The van der Waals surface area contributed by atoms with E-state index >= 15 is 0 Å². The molecule has 0 aromatic heterocycles. The summed E-state index contributed by atoms with van der Waals surface area (Å²) in [6.45, 7) is 3.17. The molecule has 0 fully saturated rings. The van der Waals surface area contributed by atoms with Gasteiger partial charge < -0.3 is 10.6 Å². The molecule has 2 aliphatic carbocycles. The fourth-order valence-electron chi connectivity index (χ4n) is 5.67. The molecule has 2 aliphatic rings. The number of nitrogens with one attached hydrogen (secondary N) is 2. The van der Waals surface area contributed by atoms with Crippen molar-refractivity contribution in [3.05, 3.63) is 95.1 Å². The van der Waals surface area contributed by atoms with E-state index < -0.39 is 0 Å². The van der Waals surface area contributed by atoms with E-state index in [4.69, 9.17) is 0 Å². The quantitative estimate of drug-likeness (QED) is 0.457. The third-order valence-electron chi connectivity index (χ3n) is 6.83. The Morgan fingerprint density at radius 1 is 0.559 bits per heavy atom. The summed E-state index contributed by atoms with van der Waals surface area (Å²) in [4.78, 5) is 22.3. The summed E-state index contributed by atoms with van der Waals surface area (Å²) in [7, 11) is 0. The van der Waals surface area contributed by atoms with Crippen molar-refractivity contribution < 1.29 is 9.59 Å². The SMILES string of the molecule is CC(=O)NC1Cc2cccc3cccc(c23)C1.CC(=O)NC1Cc2cccc3cccc(c23)C1. The molecule has 6 rings (SSSR count). The van der Waals surface area contributed by atoms with Crippen LogP contribution in [0.2, 0.25) is 0 Å². The fourth-order valence-corrected chi connectivity index (χ4v) is 5.67. The van der Waals surface area contributed by atoms with Gasteiger partial charge in [-0.3, -0.25) is 9.59 Å². The molecule has 34 heavy (non-hydrogen) atoms. The Bertz CT molecular complexity index is 1200. The second-order valence-electron chi connectivity index (χ2n) is 9.48. The molecule has 2 N–H and O–H groups in total. The number of hydrogen-bond donors (Lipinski definition) is 2. The normalized spacial score (nSPS) is 14.9. The fraction of sp³-hybridized carbons (Fsp3) is 0.267. The first-order valence-electron chi connectivity index (χ1n) is 12.0. The lowest BCUT2D eigenvalue weighted by molar-refractivity contribution is -0.120. The first-order chi connectivity index (χ1) is 16.5. The molecule has 0 saturated carbocycles. The number of benzene rings is 4. The van der Waals surface area contributed by atoms with E-state index in [9.17, 15) is 9.59 Å². The highest BCUT2D eigenvalue weighted by Gasteiger charge is 2.21. The average molecular weight is 451 g/mol. The van der Waals surface area contributed by atoms with Crippen LogP contribution in [0.15, 0.2) is 72.8 Å². The number of amides is 2. The van der Waals surface area contributed by atoms with Crippen LogP contribution in [0.4, 0.5) is 0 Å². The number of carbonyl (C=O) groups excluding carboxylic acids is 2. The van der Waals surface area contributed by atoms with Gasteiger partial charge in [-0.2, -0.15) is 0 Å². The molecule has 0 aliphatic heterocycles. The molecule has 4 heteroatoms. The molecule has 4 aromatic carbocycles. The second-order valence-corrected chi connectivity index (χ2v) is 9.48. The highest BCUT2D eigenvalue weighted by atomic mass is 16.2. The molecule has 0 atom stereocenters. The van der Waals surface area contributed by atoms with E-state index in [1.165, 1.54) is 43.8 Å². The van der Waals surface area contributed by atoms with Crippen molar-refractivity contribution in [3.63, 3.8) is 0 Å². The summed E-state index contributed by atoms with van der Waals surface area (Å²) >= 11 is 0. The van der Waals surface area contributed by atoms with Crippen molar-refractivity contribution in [2.75, 3.05) is 0 Å². The molecule has 0 heterocycles. The van der Waals surface area contributed by atoms with Crippen molar-refractivity contribution in [1.82, 2.24) is 10.6 Å². The van der Waals surface area contributed by atoms with Crippen LogP contribution in [0.25, 0.3) is 21.5 Å². The molecule has 0 radical (unpaired) electrons. The Morgan fingerprint density at radius 3 is 1.12 bits per heavy atom. The predicted molar refractivity (Wildman–Crippen MR) is 138 cm³/mol. The Kier molecular flexibility index (Phi) is 6.06. The maximum absolute atomic E-state index is 11.2. The molecule has 4 nitrogen and oxygen atoms in total. The largest absolute Gasteiger partial charge is 0.353 e. The zero-order valence-electron chi connectivity index (χ0n) is 19.7. The summed E-state index contributed by atoms with van der Waals surface area (Å²) in [5, 5.41) is 11.4.